The van der Waals surface area contributed by atoms with Crippen LogP contribution in [-0.4, -0.2) is 54.4 Å². The maximum Gasteiger partial charge on any atom is 0.260 e. The van der Waals surface area contributed by atoms with Gasteiger partial charge in [-0.1, -0.05) is 6.92 Å². The molecule has 0 bridgehead atoms. The van der Waals surface area contributed by atoms with E-state index in [1.54, 1.807) is 24.3 Å². The summed E-state index contributed by atoms with van der Waals surface area (Å²) in [4.78, 5) is 28.7. The Morgan fingerprint density at radius 2 is 1.81 bits per heavy atom. The molecule has 2 aliphatic rings. The number of rotatable bonds is 8. The number of ether oxygens (including phenoxy) is 1. The quantitative estimate of drug-likeness (QED) is 0.716. The first-order valence-corrected chi connectivity index (χ1v) is 9.97. The van der Waals surface area contributed by atoms with Crippen LogP contribution < -0.4 is 4.74 Å². The molecule has 1 saturated heterocycles. The normalized spacial score (nSPS) is 17.0. The molecule has 0 aromatic heterocycles. The summed E-state index contributed by atoms with van der Waals surface area (Å²) in [6, 6.07) is 7.19. The van der Waals surface area contributed by atoms with Crippen LogP contribution in [0, 0.1) is 5.92 Å². The Balaban J connectivity index is 1.51. The molecule has 0 unspecified atom stereocenters. The monoisotopic (exact) mass is 358 g/mol. The lowest BCUT2D eigenvalue weighted by Crippen LogP contribution is -2.38. The molecule has 142 valence electrons. The molecule has 2 fully saturated rings. The van der Waals surface area contributed by atoms with Gasteiger partial charge >= 0.3 is 0 Å². The van der Waals surface area contributed by atoms with E-state index < -0.39 is 0 Å². The van der Waals surface area contributed by atoms with Gasteiger partial charge in [0.25, 0.3) is 11.8 Å². The molecule has 1 aliphatic heterocycles. The molecule has 0 spiro atoms. The van der Waals surface area contributed by atoms with Crippen molar-refractivity contribution in [1.82, 2.24) is 9.80 Å². The summed E-state index contributed by atoms with van der Waals surface area (Å²) in [7, 11) is 0. The van der Waals surface area contributed by atoms with E-state index in [1.165, 1.54) is 19.3 Å². The minimum absolute atomic E-state index is 0.0448. The molecule has 1 heterocycles. The van der Waals surface area contributed by atoms with Gasteiger partial charge in [0.2, 0.25) is 0 Å². The van der Waals surface area contributed by atoms with Gasteiger partial charge in [-0.3, -0.25) is 9.59 Å². The number of likely N-dealkylation sites (tertiary alicyclic amines) is 1. The highest BCUT2D eigenvalue weighted by molar-refractivity contribution is 5.94. The zero-order chi connectivity index (χ0) is 18.4. The summed E-state index contributed by atoms with van der Waals surface area (Å²) in [6.07, 6.45) is 6.82. The van der Waals surface area contributed by atoms with E-state index in [9.17, 15) is 9.59 Å². The van der Waals surface area contributed by atoms with E-state index in [4.69, 9.17) is 4.74 Å². The minimum atomic E-state index is 0.0448. The lowest BCUT2D eigenvalue weighted by molar-refractivity contribution is -0.134. The van der Waals surface area contributed by atoms with E-state index in [0.29, 0.717) is 17.2 Å². The third kappa shape index (κ3) is 5.23. The van der Waals surface area contributed by atoms with Crippen LogP contribution in [0.1, 0.15) is 55.8 Å². The molecule has 2 amide bonds. The van der Waals surface area contributed by atoms with E-state index in [0.717, 1.165) is 45.4 Å². The van der Waals surface area contributed by atoms with Gasteiger partial charge in [-0.15, -0.1) is 0 Å². The third-order valence-electron chi connectivity index (χ3n) is 5.13. The molecule has 5 nitrogen and oxygen atoms in total. The number of carbonyl (C=O) groups is 2. The van der Waals surface area contributed by atoms with E-state index in [2.05, 4.69) is 6.92 Å². The molecular formula is C21H30N2O3. The van der Waals surface area contributed by atoms with Gasteiger partial charge in [0.1, 0.15) is 5.75 Å². The average molecular weight is 358 g/mol. The number of piperidine rings is 1. The van der Waals surface area contributed by atoms with Crippen molar-refractivity contribution in [1.29, 1.82) is 0 Å². The van der Waals surface area contributed by atoms with Crippen LogP contribution in [0.2, 0.25) is 0 Å². The molecule has 1 aliphatic carbocycles. The van der Waals surface area contributed by atoms with Gasteiger partial charge in [0.05, 0.1) is 0 Å². The lowest BCUT2D eigenvalue weighted by Gasteiger charge is -2.26. The topological polar surface area (TPSA) is 49.9 Å². The van der Waals surface area contributed by atoms with Crippen molar-refractivity contribution in [3.8, 4) is 5.75 Å². The van der Waals surface area contributed by atoms with Crippen molar-refractivity contribution >= 4 is 11.8 Å². The van der Waals surface area contributed by atoms with Gasteiger partial charge in [-0.25, -0.2) is 0 Å². The SMILES string of the molecule is CCCN(CC1CC1)C(=O)c1ccc(OCC(=O)N2CCCCC2)cc1. The van der Waals surface area contributed by atoms with E-state index in [-0.39, 0.29) is 18.4 Å². The molecule has 1 saturated carbocycles. The number of benzene rings is 1. The van der Waals surface area contributed by atoms with Crippen molar-refractivity contribution in [2.24, 2.45) is 5.92 Å². The Bertz CT molecular complexity index is 604. The summed E-state index contributed by atoms with van der Waals surface area (Å²) in [5, 5.41) is 0. The van der Waals surface area contributed by atoms with E-state index >= 15 is 0 Å². The summed E-state index contributed by atoms with van der Waals surface area (Å²) in [5.74, 6) is 1.46. The van der Waals surface area contributed by atoms with Crippen LogP contribution in [0.5, 0.6) is 5.75 Å². The second kappa shape index (κ2) is 9.06. The summed E-state index contributed by atoms with van der Waals surface area (Å²) < 4.78 is 5.62. The molecule has 26 heavy (non-hydrogen) atoms. The van der Waals surface area contributed by atoms with E-state index in [1.807, 2.05) is 9.80 Å². The Labute approximate surface area is 156 Å². The zero-order valence-corrected chi connectivity index (χ0v) is 15.8. The van der Waals surface area contributed by atoms with Crippen molar-refractivity contribution in [3.05, 3.63) is 29.8 Å². The predicted octanol–water partition coefficient (Wildman–Crippen LogP) is 3.34. The summed E-state index contributed by atoms with van der Waals surface area (Å²) in [6.45, 7) is 5.52. The number of carbonyl (C=O) groups excluding carboxylic acids is 2. The fourth-order valence-electron chi connectivity index (χ4n) is 3.41. The number of hydrogen-bond donors (Lipinski definition) is 0. The first kappa shape index (κ1) is 18.7. The third-order valence-corrected chi connectivity index (χ3v) is 5.13. The van der Waals surface area contributed by atoms with Crippen molar-refractivity contribution in [2.45, 2.75) is 45.4 Å². The Morgan fingerprint density at radius 3 is 2.42 bits per heavy atom. The zero-order valence-electron chi connectivity index (χ0n) is 15.8. The largest absolute Gasteiger partial charge is 0.484 e. The van der Waals surface area contributed by atoms with Crippen LogP contribution in [0.15, 0.2) is 24.3 Å². The van der Waals surface area contributed by atoms with Gasteiger partial charge < -0.3 is 14.5 Å². The second-order valence-electron chi connectivity index (χ2n) is 7.45. The highest BCUT2D eigenvalue weighted by atomic mass is 16.5. The fraction of sp³-hybridized carbons (Fsp3) is 0.619. The van der Waals surface area contributed by atoms with Crippen molar-refractivity contribution in [3.63, 3.8) is 0 Å². The van der Waals surface area contributed by atoms with Gasteiger partial charge in [-0.05, 0) is 68.7 Å². The van der Waals surface area contributed by atoms with Gasteiger partial charge in [0, 0.05) is 31.7 Å². The predicted molar refractivity (Wildman–Crippen MR) is 101 cm³/mol. The summed E-state index contributed by atoms with van der Waals surface area (Å²) in [5.41, 5.74) is 0.689. The standard InChI is InChI=1S/C21H30N2O3/c1-2-12-23(15-17-6-7-17)21(25)18-8-10-19(11-9-18)26-16-20(24)22-13-4-3-5-14-22/h8-11,17H,2-7,12-16H2,1H3. The van der Waals surface area contributed by atoms with Gasteiger partial charge in [0.15, 0.2) is 6.61 Å². The first-order chi connectivity index (χ1) is 12.7. The highest BCUT2D eigenvalue weighted by Gasteiger charge is 2.26. The van der Waals surface area contributed by atoms with Crippen LogP contribution >= 0.6 is 0 Å². The maximum absolute atomic E-state index is 12.7. The Kier molecular flexibility index (Phi) is 6.53. The van der Waals surface area contributed by atoms with Crippen molar-refractivity contribution < 1.29 is 14.3 Å². The molecule has 5 heteroatoms. The van der Waals surface area contributed by atoms with Crippen LogP contribution in [0.3, 0.4) is 0 Å². The summed E-state index contributed by atoms with van der Waals surface area (Å²) >= 11 is 0. The smallest absolute Gasteiger partial charge is 0.260 e. The maximum atomic E-state index is 12.7. The lowest BCUT2D eigenvalue weighted by atomic mass is 10.1. The number of amides is 2. The molecule has 0 radical (unpaired) electrons. The minimum Gasteiger partial charge on any atom is -0.484 e. The highest BCUT2D eigenvalue weighted by Crippen LogP contribution is 2.30. The molecule has 1 aromatic carbocycles. The van der Waals surface area contributed by atoms with Crippen LogP contribution in [-0.2, 0) is 4.79 Å². The fourth-order valence-corrected chi connectivity index (χ4v) is 3.41. The van der Waals surface area contributed by atoms with Crippen molar-refractivity contribution in [2.75, 3.05) is 32.8 Å². The second-order valence-corrected chi connectivity index (χ2v) is 7.45. The van der Waals surface area contributed by atoms with Crippen LogP contribution in [0.4, 0.5) is 0 Å². The Morgan fingerprint density at radius 1 is 1.12 bits per heavy atom. The number of hydrogen-bond acceptors (Lipinski definition) is 3. The average Bonchev–Trinajstić information content (AvgIpc) is 3.50. The van der Waals surface area contributed by atoms with Gasteiger partial charge in [-0.2, -0.15) is 0 Å². The molecule has 3 rings (SSSR count). The molecule has 0 N–H and O–H groups in total. The molecular weight excluding hydrogens is 328 g/mol. The van der Waals surface area contributed by atoms with Crippen LogP contribution in [0.25, 0.3) is 0 Å². The molecule has 0 atom stereocenters. The number of nitrogens with zero attached hydrogens (tertiary/aromatic N) is 2. The molecule has 1 aromatic rings. The Hall–Kier alpha value is -2.04. The first-order valence-electron chi connectivity index (χ1n) is 9.97.